The molecule has 1 fully saturated rings. The van der Waals surface area contributed by atoms with Crippen LogP contribution >= 0.6 is 0 Å². The smallest absolute Gasteiger partial charge is 0.333 e. The number of hydrogen-bond acceptors (Lipinski definition) is 5. The van der Waals surface area contributed by atoms with Crippen LogP contribution < -0.4 is 5.32 Å². The van der Waals surface area contributed by atoms with Crippen LogP contribution in [-0.2, 0) is 4.74 Å². The standard InChI is InChI=1S/C14H24N4O3/c1-10(2)17-13(12(18(19)20)11(3)16-17)15-9-14(5-6-14)7-8-21-4/h10,15H,5-9H2,1-4H3. The molecule has 0 radical (unpaired) electrons. The molecule has 7 nitrogen and oxygen atoms in total. The number of aryl methyl sites for hydroxylation is 1. The number of ether oxygens (including phenoxy) is 1. The van der Waals surface area contributed by atoms with Crippen molar-refractivity contribution in [3.8, 4) is 0 Å². The fraction of sp³-hybridized carbons (Fsp3) is 0.786. The Balaban J connectivity index is 2.17. The lowest BCUT2D eigenvalue weighted by atomic mass is 10.0. The third kappa shape index (κ3) is 3.34. The quantitative estimate of drug-likeness (QED) is 0.589. The summed E-state index contributed by atoms with van der Waals surface area (Å²) in [6.07, 6.45) is 3.27. The fourth-order valence-electron chi connectivity index (χ4n) is 2.58. The van der Waals surface area contributed by atoms with Gasteiger partial charge in [0.1, 0.15) is 5.69 Å². The van der Waals surface area contributed by atoms with E-state index in [2.05, 4.69) is 10.4 Å². The molecule has 118 valence electrons. The Morgan fingerprint density at radius 3 is 2.67 bits per heavy atom. The number of anilines is 1. The van der Waals surface area contributed by atoms with Gasteiger partial charge in [-0.1, -0.05) is 0 Å². The Morgan fingerprint density at radius 2 is 2.19 bits per heavy atom. The van der Waals surface area contributed by atoms with Gasteiger partial charge in [0.25, 0.3) is 0 Å². The number of aromatic nitrogens is 2. The number of nitro groups is 1. The first-order valence-corrected chi connectivity index (χ1v) is 7.36. The first kappa shape index (κ1) is 15.8. The van der Waals surface area contributed by atoms with Gasteiger partial charge in [0.15, 0.2) is 0 Å². The lowest BCUT2D eigenvalue weighted by Gasteiger charge is -2.17. The molecule has 1 N–H and O–H groups in total. The van der Waals surface area contributed by atoms with Crippen molar-refractivity contribution in [1.82, 2.24) is 9.78 Å². The third-order valence-electron chi connectivity index (χ3n) is 4.15. The van der Waals surface area contributed by atoms with E-state index in [1.807, 2.05) is 13.8 Å². The summed E-state index contributed by atoms with van der Waals surface area (Å²) in [4.78, 5) is 10.9. The Hall–Kier alpha value is -1.63. The van der Waals surface area contributed by atoms with E-state index in [-0.39, 0.29) is 22.1 Å². The van der Waals surface area contributed by atoms with E-state index in [0.717, 1.165) is 32.4 Å². The van der Waals surface area contributed by atoms with Crippen LogP contribution in [-0.4, -0.2) is 35.0 Å². The molecule has 21 heavy (non-hydrogen) atoms. The van der Waals surface area contributed by atoms with E-state index in [0.29, 0.717) is 11.5 Å². The van der Waals surface area contributed by atoms with Crippen molar-refractivity contribution in [2.24, 2.45) is 5.41 Å². The Bertz CT molecular complexity index is 521. The van der Waals surface area contributed by atoms with Gasteiger partial charge < -0.3 is 10.1 Å². The normalized spacial score (nSPS) is 16.2. The molecule has 2 rings (SSSR count). The predicted octanol–water partition coefficient (Wildman–Crippen LogP) is 2.91. The van der Waals surface area contributed by atoms with Gasteiger partial charge in [0, 0.05) is 26.3 Å². The SMILES string of the molecule is COCCC1(CNc2c([N+](=O)[O-])c(C)nn2C(C)C)CC1. The van der Waals surface area contributed by atoms with Crippen molar-refractivity contribution in [3.05, 3.63) is 15.8 Å². The molecule has 1 aromatic heterocycles. The maximum atomic E-state index is 11.3. The Morgan fingerprint density at radius 1 is 1.52 bits per heavy atom. The second-order valence-corrected chi connectivity index (χ2v) is 6.17. The highest BCUT2D eigenvalue weighted by Gasteiger charge is 2.42. The van der Waals surface area contributed by atoms with E-state index in [9.17, 15) is 10.1 Å². The van der Waals surface area contributed by atoms with Gasteiger partial charge in [-0.3, -0.25) is 10.1 Å². The monoisotopic (exact) mass is 296 g/mol. The molecule has 0 unspecified atom stereocenters. The van der Waals surface area contributed by atoms with Crippen LogP contribution in [0.2, 0.25) is 0 Å². The highest BCUT2D eigenvalue weighted by atomic mass is 16.6. The van der Waals surface area contributed by atoms with Crippen LogP contribution in [0.1, 0.15) is 44.8 Å². The molecule has 0 aliphatic heterocycles. The maximum absolute atomic E-state index is 11.3. The summed E-state index contributed by atoms with van der Waals surface area (Å²) in [5.74, 6) is 0.524. The topological polar surface area (TPSA) is 82.2 Å². The number of nitrogens with one attached hydrogen (secondary N) is 1. The molecule has 0 spiro atoms. The molecular formula is C14H24N4O3. The van der Waals surface area contributed by atoms with Gasteiger partial charge in [0.05, 0.1) is 4.92 Å². The predicted molar refractivity (Wildman–Crippen MR) is 80.7 cm³/mol. The highest BCUT2D eigenvalue weighted by Crippen LogP contribution is 2.49. The number of nitrogens with zero attached hydrogens (tertiary/aromatic N) is 3. The molecule has 0 bridgehead atoms. The van der Waals surface area contributed by atoms with Gasteiger partial charge in [-0.2, -0.15) is 5.10 Å². The molecule has 1 heterocycles. The molecule has 0 saturated heterocycles. The summed E-state index contributed by atoms with van der Waals surface area (Å²) in [6, 6.07) is 0.0778. The van der Waals surface area contributed by atoms with Crippen molar-refractivity contribution in [2.75, 3.05) is 25.6 Å². The number of rotatable bonds is 8. The molecule has 0 atom stereocenters. The van der Waals surface area contributed by atoms with Gasteiger partial charge in [-0.15, -0.1) is 0 Å². The minimum atomic E-state index is -0.349. The minimum Gasteiger partial charge on any atom is -0.385 e. The van der Waals surface area contributed by atoms with Crippen LogP contribution in [0.5, 0.6) is 0 Å². The molecule has 1 aliphatic rings. The lowest BCUT2D eigenvalue weighted by molar-refractivity contribution is -0.384. The first-order valence-electron chi connectivity index (χ1n) is 7.36. The second-order valence-electron chi connectivity index (χ2n) is 6.17. The van der Waals surface area contributed by atoms with Crippen LogP contribution in [0.25, 0.3) is 0 Å². The maximum Gasteiger partial charge on any atom is 0.333 e. The van der Waals surface area contributed by atoms with Crippen LogP contribution in [0.15, 0.2) is 0 Å². The summed E-state index contributed by atoms with van der Waals surface area (Å²) in [6.45, 7) is 7.08. The van der Waals surface area contributed by atoms with Crippen LogP contribution in [0, 0.1) is 22.5 Å². The molecule has 1 saturated carbocycles. The zero-order valence-electron chi connectivity index (χ0n) is 13.2. The number of methoxy groups -OCH3 is 1. The fourth-order valence-corrected chi connectivity index (χ4v) is 2.58. The van der Waals surface area contributed by atoms with Crippen molar-refractivity contribution in [3.63, 3.8) is 0 Å². The van der Waals surface area contributed by atoms with Crippen LogP contribution in [0.3, 0.4) is 0 Å². The average molecular weight is 296 g/mol. The summed E-state index contributed by atoms with van der Waals surface area (Å²) in [7, 11) is 1.70. The highest BCUT2D eigenvalue weighted by molar-refractivity contribution is 5.60. The Kier molecular flexibility index (Phi) is 4.51. The summed E-state index contributed by atoms with van der Waals surface area (Å²) < 4.78 is 6.85. The Labute approximate surface area is 124 Å². The average Bonchev–Trinajstić information content (AvgIpc) is 3.10. The zero-order valence-corrected chi connectivity index (χ0v) is 13.2. The van der Waals surface area contributed by atoms with E-state index in [1.54, 1.807) is 18.7 Å². The summed E-state index contributed by atoms with van der Waals surface area (Å²) in [5, 5.41) is 18.9. The molecule has 0 amide bonds. The summed E-state index contributed by atoms with van der Waals surface area (Å²) in [5.41, 5.74) is 0.772. The van der Waals surface area contributed by atoms with E-state index in [1.165, 1.54) is 0 Å². The van der Waals surface area contributed by atoms with E-state index >= 15 is 0 Å². The van der Waals surface area contributed by atoms with E-state index < -0.39 is 0 Å². The van der Waals surface area contributed by atoms with E-state index in [4.69, 9.17) is 4.74 Å². The molecular weight excluding hydrogens is 272 g/mol. The van der Waals surface area contributed by atoms with Crippen molar-refractivity contribution >= 4 is 11.5 Å². The summed E-state index contributed by atoms with van der Waals surface area (Å²) >= 11 is 0. The molecule has 1 aromatic rings. The second kappa shape index (κ2) is 6.01. The van der Waals surface area contributed by atoms with Gasteiger partial charge in [0.2, 0.25) is 5.82 Å². The molecule has 0 aromatic carbocycles. The van der Waals surface area contributed by atoms with Gasteiger partial charge in [-0.25, -0.2) is 4.68 Å². The number of hydrogen-bond donors (Lipinski definition) is 1. The minimum absolute atomic E-state index is 0.0778. The zero-order chi connectivity index (χ0) is 15.6. The molecule has 1 aliphatic carbocycles. The van der Waals surface area contributed by atoms with Crippen molar-refractivity contribution < 1.29 is 9.66 Å². The largest absolute Gasteiger partial charge is 0.385 e. The third-order valence-corrected chi connectivity index (χ3v) is 4.15. The lowest BCUT2D eigenvalue weighted by Crippen LogP contribution is -2.20. The first-order chi connectivity index (χ1) is 9.90. The van der Waals surface area contributed by atoms with Gasteiger partial charge >= 0.3 is 5.69 Å². The van der Waals surface area contributed by atoms with Crippen molar-refractivity contribution in [1.29, 1.82) is 0 Å². The van der Waals surface area contributed by atoms with Crippen molar-refractivity contribution in [2.45, 2.75) is 46.1 Å². The van der Waals surface area contributed by atoms with Crippen LogP contribution in [0.4, 0.5) is 11.5 Å². The van der Waals surface area contributed by atoms with Gasteiger partial charge in [-0.05, 0) is 45.4 Å². The molecule has 7 heteroatoms.